The third kappa shape index (κ3) is 4.51. The summed E-state index contributed by atoms with van der Waals surface area (Å²) in [5.41, 5.74) is 3.86. The predicted octanol–water partition coefficient (Wildman–Crippen LogP) is 3.51. The van der Waals surface area contributed by atoms with E-state index in [1.165, 1.54) is 5.56 Å². The van der Waals surface area contributed by atoms with Crippen molar-refractivity contribution < 1.29 is 14.4 Å². The van der Waals surface area contributed by atoms with Crippen molar-refractivity contribution >= 4 is 5.97 Å². The maximum absolute atomic E-state index is 10.9. The van der Waals surface area contributed by atoms with Gasteiger partial charge in [-0.05, 0) is 30.0 Å². The zero-order valence-electron chi connectivity index (χ0n) is 16.6. The number of likely N-dealkylation sites (tertiary alicyclic amines) is 1. The molecule has 0 atom stereocenters. The topological polar surface area (TPSA) is 92.4 Å². The average molecular weight is 392 g/mol. The maximum atomic E-state index is 10.9. The van der Waals surface area contributed by atoms with Gasteiger partial charge < -0.3 is 9.63 Å². The van der Waals surface area contributed by atoms with E-state index in [2.05, 4.69) is 46.0 Å². The summed E-state index contributed by atoms with van der Waals surface area (Å²) in [4.78, 5) is 21.9. The van der Waals surface area contributed by atoms with Gasteiger partial charge >= 0.3 is 5.97 Å². The van der Waals surface area contributed by atoms with Gasteiger partial charge in [0.25, 0.3) is 5.89 Å². The fourth-order valence-corrected chi connectivity index (χ4v) is 3.45. The molecule has 3 aromatic rings. The van der Waals surface area contributed by atoms with Crippen LogP contribution in [0.4, 0.5) is 0 Å². The highest BCUT2D eigenvalue weighted by atomic mass is 16.5. The molecule has 0 amide bonds. The molecule has 2 aromatic heterocycles. The highest BCUT2D eigenvalue weighted by Crippen LogP contribution is 2.24. The van der Waals surface area contributed by atoms with E-state index in [0.29, 0.717) is 37.3 Å². The molecule has 1 N–H and O–H groups in total. The number of carboxylic acids is 1. The Morgan fingerprint density at radius 3 is 2.52 bits per heavy atom. The summed E-state index contributed by atoms with van der Waals surface area (Å²) in [6.45, 7) is 6.19. The molecular formula is C22H24N4O3. The first-order chi connectivity index (χ1) is 14.0. The number of aliphatic carboxylic acids is 1. The zero-order chi connectivity index (χ0) is 20.4. The quantitative estimate of drug-likeness (QED) is 0.658. The lowest BCUT2D eigenvalue weighted by molar-refractivity contribution is -0.147. The van der Waals surface area contributed by atoms with Crippen LogP contribution in [0.15, 0.2) is 47.1 Å². The third-order valence-corrected chi connectivity index (χ3v) is 5.05. The molecule has 3 heterocycles. The number of hydrogen-bond acceptors (Lipinski definition) is 6. The Labute approximate surface area is 169 Å². The van der Waals surface area contributed by atoms with Crippen LogP contribution in [0.2, 0.25) is 0 Å². The van der Waals surface area contributed by atoms with Gasteiger partial charge in [0.1, 0.15) is 0 Å². The maximum Gasteiger partial charge on any atom is 0.309 e. The lowest BCUT2D eigenvalue weighted by Gasteiger charge is -2.36. The molecule has 0 bridgehead atoms. The van der Waals surface area contributed by atoms with Crippen LogP contribution in [0.25, 0.3) is 22.8 Å². The standard InChI is InChI=1S/C22H24N4O3/c1-14(2)9-15-3-5-16(6-4-15)20-24-21(29-25-20)17-7-8-19(23-10-17)13-26-11-18(12-26)22(27)28/h3-8,10,14,18H,9,11-13H2,1-2H3,(H,27,28). The van der Waals surface area contributed by atoms with E-state index < -0.39 is 5.97 Å². The van der Waals surface area contributed by atoms with Crippen molar-refractivity contribution in [1.82, 2.24) is 20.0 Å². The fraction of sp³-hybridized carbons (Fsp3) is 0.364. The number of rotatable bonds is 7. The van der Waals surface area contributed by atoms with Crippen LogP contribution in [-0.4, -0.2) is 44.2 Å². The van der Waals surface area contributed by atoms with Crippen molar-refractivity contribution in [2.24, 2.45) is 11.8 Å². The second-order valence-corrected chi connectivity index (χ2v) is 7.99. The Kier molecular flexibility index (Phi) is 5.40. The average Bonchev–Trinajstić information content (AvgIpc) is 3.15. The smallest absolute Gasteiger partial charge is 0.309 e. The molecule has 1 saturated heterocycles. The molecule has 0 aliphatic carbocycles. The number of nitrogens with zero attached hydrogens (tertiary/aromatic N) is 4. The van der Waals surface area contributed by atoms with Gasteiger partial charge in [-0.1, -0.05) is 43.3 Å². The number of hydrogen-bond donors (Lipinski definition) is 1. The Morgan fingerprint density at radius 1 is 1.17 bits per heavy atom. The molecular weight excluding hydrogens is 368 g/mol. The van der Waals surface area contributed by atoms with E-state index >= 15 is 0 Å². The van der Waals surface area contributed by atoms with Gasteiger partial charge in [-0.15, -0.1) is 0 Å². The van der Waals surface area contributed by atoms with E-state index in [1.807, 2.05) is 24.3 Å². The normalized spacial score (nSPS) is 14.9. The zero-order valence-corrected chi connectivity index (χ0v) is 16.6. The Hall–Kier alpha value is -3.06. The molecule has 0 spiro atoms. The highest BCUT2D eigenvalue weighted by Gasteiger charge is 2.32. The second kappa shape index (κ2) is 8.13. The Morgan fingerprint density at radius 2 is 1.90 bits per heavy atom. The van der Waals surface area contributed by atoms with Crippen molar-refractivity contribution in [3.8, 4) is 22.8 Å². The van der Waals surface area contributed by atoms with Gasteiger partial charge in [0.05, 0.1) is 17.2 Å². The molecule has 29 heavy (non-hydrogen) atoms. The van der Waals surface area contributed by atoms with Gasteiger partial charge in [0.15, 0.2) is 0 Å². The lowest BCUT2D eigenvalue weighted by Crippen LogP contribution is -2.49. The number of aromatic nitrogens is 3. The predicted molar refractivity (Wildman–Crippen MR) is 108 cm³/mol. The summed E-state index contributed by atoms with van der Waals surface area (Å²) in [5, 5.41) is 13.0. The van der Waals surface area contributed by atoms with Crippen molar-refractivity contribution in [2.45, 2.75) is 26.8 Å². The van der Waals surface area contributed by atoms with E-state index in [9.17, 15) is 4.79 Å². The minimum atomic E-state index is -0.730. The van der Waals surface area contributed by atoms with Crippen LogP contribution in [0.3, 0.4) is 0 Å². The summed E-state index contributed by atoms with van der Waals surface area (Å²) in [7, 11) is 0. The summed E-state index contributed by atoms with van der Waals surface area (Å²) in [5.74, 6) is 0.616. The number of pyridine rings is 1. The van der Waals surface area contributed by atoms with E-state index in [1.54, 1.807) is 6.20 Å². The SMILES string of the molecule is CC(C)Cc1ccc(-c2noc(-c3ccc(CN4CC(C(=O)O)C4)nc3)n2)cc1. The van der Waals surface area contributed by atoms with Gasteiger partial charge in [-0.25, -0.2) is 0 Å². The van der Waals surface area contributed by atoms with Crippen LogP contribution >= 0.6 is 0 Å². The Bertz CT molecular complexity index is 974. The minimum Gasteiger partial charge on any atom is -0.481 e. The van der Waals surface area contributed by atoms with Crippen LogP contribution in [0, 0.1) is 11.8 Å². The molecule has 150 valence electrons. The molecule has 7 heteroatoms. The monoisotopic (exact) mass is 392 g/mol. The van der Waals surface area contributed by atoms with Gasteiger partial charge in [0, 0.05) is 31.4 Å². The summed E-state index contributed by atoms with van der Waals surface area (Å²) in [6.07, 6.45) is 2.76. The molecule has 1 aliphatic heterocycles. The molecule has 0 saturated carbocycles. The molecule has 1 fully saturated rings. The summed E-state index contributed by atoms with van der Waals surface area (Å²) < 4.78 is 5.42. The van der Waals surface area contributed by atoms with Crippen LogP contribution < -0.4 is 0 Å². The number of benzene rings is 1. The molecule has 0 radical (unpaired) electrons. The second-order valence-electron chi connectivity index (χ2n) is 7.99. The first-order valence-corrected chi connectivity index (χ1v) is 9.81. The van der Waals surface area contributed by atoms with Crippen molar-refractivity contribution in [2.75, 3.05) is 13.1 Å². The van der Waals surface area contributed by atoms with Crippen molar-refractivity contribution in [3.05, 3.63) is 53.9 Å². The number of carbonyl (C=O) groups is 1. The van der Waals surface area contributed by atoms with E-state index in [-0.39, 0.29) is 5.92 Å². The molecule has 1 aromatic carbocycles. The first kappa shape index (κ1) is 19.3. The summed E-state index contributed by atoms with van der Waals surface area (Å²) >= 11 is 0. The van der Waals surface area contributed by atoms with Crippen molar-refractivity contribution in [3.63, 3.8) is 0 Å². The fourth-order valence-electron chi connectivity index (χ4n) is 3.45. The van der Waals surface area contributed by atoms with Crippen molar-refractivity contribution in [1.29, 1.82) is 0 Å². The van der Waals surface area contributed by atoms with Crippen LogP contribution in [0.5, 0.6) is 0 Å². The summed E-state index contributed by atoms with van der Waals surface area (Å²) in [6, 6.07) is 12.1. The number of carboxylic acid groups (broad SMARTS) is 1. The molecule has 1 aliphatic rings. The Balaban J connectivity index is 1.39. The molecule has 4 rings (SSSR count). The van der Waals surface area contributed by atoms with Gasteiger partial charge in [0.2, 0.25) is 5.82 Å². The third-order valence-electron chi connectivity index (χ3n) is 5.05. The molecule has 0 unspecified atom stereocenters. The largest absolute Gasteiger partial charge is 0.481 e. The lowest BCUT2D eigenvalue weighted by atomic mass is 10.0. The van der Waals surface area contributed by atoms with E-state index in [4.69, 9.17) is 9.63 Å². The highest BCUT2D eigenvalue weighted by molar-refractivity contribution is 5.71. The molecule has 7 nitrogen and oxygen atoms in total. The van der Waals surface area contributed by atoms with Gasteiger partial charge in [-0.3, -0.25) is 14.7 Å². The van der Waals surface area contributed by atoms with Gasteiger partial charge in [-0.2, -0.15) is 4.98 Å². The minimum absolute atomic E-state index is 0.259. The van der Waals surface area contributed by atoms with Crippen LogP contribution in [0.1, 0.15) is 25.1 Å². The first-order valence-electron chi connectivity index (χ1n) is 9.81. The van der Waals surface area contributed by atoms with E-state index in [0.717, 1.165) is 23.2 Å². The van der Waals surface area contributed by atoms with Crippen LogP contribution in [-0.2, 0) is 17.8 Å².